The molecular formula is C12H25N2O4S+. The van der Waals surface area contributed by atoms with Gasteiger partial charge in [0.2, 0.25) is 11.3 Å². The van der Waals surface area contributed by atoms with Gasteiger partial charge in [-0.1, -0.05) is 13.8 Å². The van der Waals surface area contributed by atoms with Crippen LogP contribution in [-0.4, -0.2) is 48.9 Å². The van der Waals surface area contributed by atoms with Gasteiger partial charge in [0, 0.05) is 18.4 Å². The fraction of sp³-hybridized carbons (Fsp3) is 0.750. The molecule has 2 atom stereocenters. The normalized spacial score (nSPS) is 17.1. The number of nitrogens with zero attached hydrogens (tertiary/aromatic N) is 1. The summed E-state index contributed by atoms with van der Waals surface area (Å²) in [4.78, 5) is 11.1. The molecule has 0 spiro atoms. The third-order valence-corrected chi connectivity index (χ3v) is 5.10. The second-order valence-electron chi connectivity index (χ2n) is 5.20. The minimum Gasteiger partial charge on any atom is -0.366 e. The van der Waals surface area contributed by atoms with Gasteiger partial charge in [-0.25, -0.2) is 0 Å². The number of rotatable bonds is 7. The predicted molar refractivity (Wildman–Crippen MR) is 74.8 cm³/mol. The van der Waals surface area contributed by atoms with Crippen LogP contribution in [0.3, 0.4) is 0 Å². The molecular weight excluding hydrogens is 268 g/mol. The molecule has 0 fully saturated rings. The SMILES string of the molecule is CCC(C=C(C)C(N)=O)[N+](C)(C)C(CC)S(=O)(=O)O. The monoisotopic (exact) mass is 293 g/mol. The van der Waals surface area contributed by atoms with Crippen LogP contribution >= 0.6 is 0 Å². The largest absolute Gasteiger partial charge is 0.366 e. The van der Waals surface area contributed by atoms with E-state index in [-0.39, 0.29) is 16.9 Å². The van der Waals surface area contributed by atoms with Crippen LogP contribution in [0.15, 0.2) is 11.6 Å². The lowest BCUT2D eigenvalue weighted by Crippen LogP contribution is -2.57. The first-order chi connectivity index (χ1) is 8.48. The maximum atomic E-state index is 11.5. The molecule has 0 radical (unpaired) electrons. The van der Waals surface area contributed by atoms with Gasteiger partial charge in [-0.05, 0) is 13.0 Å². The van der Waals surface area contributed by atoms with Crippen LogP contribution < -0.4 is 5.73 Å². The molecule has 0 saturated carbocycles. The highest BCUT2D eigenvalue weighted by molar-refractivity contribution is 7.86. The van der Waals surface area contributed by atoms with Gasteiger partial charge in [0.1, 0.15) is 6.04 Å². The van der Waals surface area contributed by atoms with Crippen LogP contribution in [0.1, 0.15) is 33.6 Å². The number of carbonyl (C=O) groups excluding carboxylic acids is 1. The molecule has 19 heavy (non-hydrogen) atoms. The molecule has 112 valence electrons. The molecule has 0 saturated heterocycles. The van der Waals surface area contributed by atoms with Crippen molar-refractivity contribution in [3.8, 4) is 0 Å². The Morgan fingerprint density at radius 2 is 1.79 bits per heavy atom. The number of primary amides is 1. The molecule has 1 amide bonds. The fourth-order valence-corrected chi connectivity index (χ4v) is 3.65. The lowest BCUT2D eigenvalue weighted by atomic mass is 10.1. The summed E-state index contributed by atoms with van der Waals surface area (Å²) in [5.74, 6) is -0.529. The molecule has 2 unspecified atom stereocenters. The molecule has 0 aliphatic rings. The van der Waals surface area contributed by atoms with Crippen molar-refractivity contribution in [1.82, 2.24) is 0 Å². The Morgan fingerprint density at radius 1 is 1.32 bits per heavy atom. The van der Waals surface area contributed by atoms with E-state index in [1.807, 2.05) is 6.92 Å². The van der Waals surface area contributed by atoms with E-state index in [4.69, 9.17) is 5.73 Å². The molecule has 0 aromatic heterocycles. The first-order valence-electron chi connectivity index (χ1n) is 6.26. The fourth-order valence-electron chi connectivity index (χ4n) is 2.39. The molecule has 0 aliphatic carbocycles. The van der Waals surface area contributed by atoms with Gasteiger partial charge in [0.15, 0.2) is 0 Å². The Hall–Kier alpha value is -0.920. The summed E-state index contributed by atoms with van der Waals surface area (Å²) in [6.07, 6.45) is 2.59. The molecule has 0 aliphatic heterocycles. The van der Waals surface area contributed by atoms with Crippen molar-refractivity contribution in [2.75, 3.05) is 14.1 Å². The third-order valence-electron chi connectivity index (χ3n) is 3.54. The number of likely N-dealkylation sites (N-methyl/N-ethyl adjacent to an activating group) is 1. The first kappa shape index (κ1) is 18.1. The zero-order valence-corrected chi connectivity index (χ0v) is 13.1. The van der Waals surface area contributed by atoms with Gasteiger partial charge in [0.05, 0.1) is 14.1 Å². The van der Waals surface area contributed by atoms with Crippen molar-refractivity contribution in [2.24, 2.45) is 5.73 Å². The number of nitrogens with two attached hydrogens (primary N) is 1. The number of carbonyl (C=O) groups is 1. The zero-order chi connectivity index (χ0) is 15.4. The molecule has 6 nitrogen and oxygen atoms in total. The molecule has 0 heterocycles. The summed E-state index contributed by atoms with van der Waals surface area (Å²) in [6, 6.07) is -0.223. The van der Waals surface area contributed by atoms with Gasteiger partial charge in [-0.15, -0.1) is 0 Å². The lowest BCUT2D eigenvalue weighted by Gasteiger charge is -2.41. The van der Waals surface area contributed by atoms with Crippen LogP contribution in [-0.2, 0) is 14.9 Å². The molecule has 0 aromatic rings. The number of hydrogen-bond acceptors (Lipinski definition) is 3. The van der Waals surface area contributed by atoms with Crippen LogP contribution in [0.5, 0.6) is 0 Å². The molecule has 7 heteroatoms. The van der Waals surface area contributed by atoms with Crippen LogP contribution in [0, 0.1) is 0 Å². The van der Waals surface area contributed by atoms with Gasteiger partial charge < -0.3 is 10.2 Å². The Morgan fingerprint density at radius 3 is 2.05 bits per heavy atom. The Balaban J connectivity index is 5.58. The highest BCUT2D eigenvalue weighted by Crippen LogP contribution is 2.24. The lowest BCUT2D eigenvalue weighted by molar-refractivity contribution is -0.919. The highest BCUT2D eigenvalue weighted by Gasteiger charge is 2.41. The van der Waals surface area contributed by atoms with E-state index in [1.54, 1.807) is 34.0 Å². The minimum absolute atomic E-state index is 0.0520. The summed E-state index contributed by atoms with van der Waals surface area (Å²) in [7, 11) is -0.711. The van der Waals surface area contributed by atoms with Crippen LogP contribution in [0.4, 0.5) is 0 Å². The highest BCUT2D eigenvalue weighted by atomic mass is 32.2. The smallest absolute Gasteiger partial charge is 0.319 e. The van der Waals surface area contributed by atoms with E-state index in [1.165, 1.54) is 0 Å². The van der Waals surface area contributed by atoms with Crippen molar-refractivity contribution < 1.29 is 22.2 Å². The van der Waals surface area contributed by atoms with E-state index in [9.17, 15) is 17.8 Å². The van der Waals surface area contributed by atoms with Crippen LogP contribution in [0.25, 0.3) is 0 Å². The number of hydrogen-bond donors (Lipinski definition) is 2. The maximum absolute atomic E-state index is 11.5. The summed E-state index contributed by atoms with van der Waals surface area (Å²) >= 11 is 0. The van der Waals surface area contributed by atoms with Gasteiger partial charge in [-0.3, -0.25) is 9.35 Å². The topological polar surface area (TPSA) is 97.5 Å². The summed E-state index contributed by atoms with van der Waals surface area (Å²) in [6.45, 7) is 5.20. The summed E-state index contributed by atoms with van der Waals surface area (Å²) < 4.78 is 32.4. The number of amides is 1. The van der Waals surface area contributed by atoms with Crippen molar-refractivity contribution >= 4 is 16.0 Å². The Bertz CT molecular complexity index is 454. The summed E-state index contributed by atoms with van der Waals surface area (Å²) in [5, 5.41) is -0.936. The molecule has 0 aromatic carbocycles. The van der Waals surface area contributed by atoms with Crippen molar-refractivity contribution in [2.45, 2.75) is 45.0 Å². The van der Waals surface area contributed by atoms with E-state index in [0.29, 0.717) is 12.0 Å². The summed E-state index contributed by atoms with van der Waals surface area (Å²) in [5.41, 5.74) is 5.59. The minimum atomic E-state index is -4.16. The van der Waals surface area contributed by atoms with Crippen LogP contribution in [0.2, 0.25) is 0 Å². The Labute approximate surface area is 115 Å². The Kier molecular flexibility index (Phi) is 6.18. The molecule has 0 bridgehead atoms. The predicted octanol–water partition coefficient (Wildman–Crippen LogP) is 0.897. The first-order valence-corrected chi connectivity index (χ1v) is 7.76. The van der Waals surface area contributed by atoms with Crippen molar-refractivity contribution in [1.29, 1.82) is 0 Å². The zero-order valence-electron chi connectivity index (χ0n) is 12.3. The van der Waals surface area contributed by atoms with Gasteiger partial charge >= 0.3 is 10.1 Å². The van der Waals surface area contributed by atoms with E-state index in [0.717, 1.165) is 0 Å². The quantitative estimate of drug-likeness (QED) is 0.414. The average molecular weight is 293 g/mol. The van der Waals surface area contributed by atoms with Gasteiger partial charge in [0.25, 0.3) is 0 Å². The van der Waals surface area contributed by atoms with E-state index in [2.05, 4.69) is 0 Å². The standard InChI is InChI=1S/C12H24N2O4S/c1-6-10(8-9(3)12(13)15)14(4,5)11(7-2)19(16,17)18/h8,10-11H,6-7H2,1-5H3,(H2-,13,15,16,17,18)/p+1. The molecule has 0 rings (SSSR count). The van der Waals surface area contributed by atoms with E-state index < -0.39 is 21.4 Å². The maximum Gasteiger partial charge on any atom is 0.319 e. The van der Waals surface area contributed by atoms with Crippen molar-refractivity contribution in [3.63, 3.8) is 0 Å². The average Bonchev–Trinajstić information content (AvgIpc) is 2.23. The van der Waals surface area contributed by atoms with E-state index >= 15 is 0 Å². The second kappa shape index (κ2) is 6.49. The number of quaternary nitrogens is 1. The third kappa shape index (κ3) is 4.59. The van der Waals surface area contributed by atoms with Crippen molar-refractivity contribution in [3.05, 3.63) is 11.6 Å². The van der Waals surface area contributed by atoms with Gasteiger partial charge in [-0.2, -0.15) is 8.42 Å². The second-order valence-corrected chi connectivity index (χ2v) is 6.77. The molecule has 3 N–H and O–H groups in total.